The number of piperidine rings is 1. The van der Waals surface area contributed by atoms with Crippen molar-refractivity contribution in [2.75, 3.05) is 30.3 Å². The molecular formula is C21H21ClN4OS. The van der Waals surface area contributed by atoms with E-state index in [1.54, 1.807) is 0 Å². The summed E-state index contributed by atoms with van der Waals surface area (Å²) in [5, 5.41) is 13.8. The zero-order chi connectivity index (χ0) is 19.5. The van der Waals surface area contributed by atoms with E-state index >= 15 is 0 Å². The van der Waals surface area contributed by atoms with E-state index in [9.17, 15) is 10.1 Å². The first-order chi connectivity index (χ1) is 13.6. The Kier molecular flexibility index (Phi) is 5.74. The van der Waals surface area contributed by atoms with Crippen LogP contribution < -0.4 is 10.2 Å². The van der Waals surface area contributed by atoms with Crippen LogP contribution in [0.4, 0.5) is 5.69 Å². The summed E-state index contributed by atoms with van der Waals surface area (Å²) in [6, 6.07) is 11.8. The highest BCUT2D eigenvalue weighted by molar-refractivity contribution is 8.00. The van der Waals surface area contributed by atoms with Crippen LogP contribution in [0.5, 0.6) is 0 Å². The Balaban J connectivity index is 1.34. The fraction of sp³-hybridized carbons (Fsp3) is 0.381. The molecule has 144 valence electrons. The number of nitriles is 1. The number of carbonyl (C=O) groups is 1. The van der Waals surface area contributed by atoms with Gasteiger partial charge in [0.1, 0.15) is 11.1 Å². The lowest BCUT2D eigenvalue weighted by atomic mass is 9.86. The van der Waals surface area contributed by atoms with E-state index in [-0.39, 0.29) is 11.7 Å². The maximum absolute atomic E-state index is 12.2. The minimum Gasteiger partial charge on any atom is -0.370 e. The van der Waals surface area contributed by atoms with Crippen LogP contribution in [-0.2, 0) is 11.2 Å². The summed E-state index contributed by atoms with van der Waals surface area (Å²) in [5.41, 5.74) is 3.90. The van der Waals surface area contributed by atoms with Crippen LogP contribution in [0.3, 0.4) is 0 Å². The molecule has 1 fully saturated rings. The summed E-state index contributed by atoms with van der Waals surface area (Å²) in [6.07, 6.45) is 3.01. The molecular weight excluding hydrogens is 392 g/mol. The number of nitrogens with zero attached hydrogens (tertiary/aromatic N) is 3. The van der Waals surface area contributed by atoms with E-state index in [1.807, 2.05) is 30.3 Å². The molecule has 0 unspecified atom stereocenters. The molecule has 1 amide bonds. The Labute approximate surface area is 174 Å². The van der Waals surface area contributed by atoms with Crippen LogP contribution in [0, 0.1) is 11.3 Å². The molecule has 4 heterocycles. The first-order valence-electron chi connectivity index (χ1n) is 9.48. The van der Waals surface area contributed by atoms with Gasteiger partial charge in [0, 0.05) is 30.6 Å². The van der Waals surface area contributed by atoms with Gasteiger partial charge in [-0.2, -0.15) is 5.26 Å². The first kappa shape index (κ1) is 19.1. The molecule has 5 rings (SSSR count). The third-order valence-electron chi connectivity index (χ3n) is 5.33. The molecule has 2 bridgehead atoms. The average Bonchev–Trinajstić information content (AvgIpc) is 2.74. The van der Waals surface area contributed by atoms with Gasteiger partial charge in [-0.05, 0) is 43.0 Å². The van der Waals surface area contributed by atoms with Crippen LogP contribution >= 0.6 is 23.4 Å². The quantitative estimate of drug-likeness (QED) is 0.731. The summed E-state index contributed by atoms with van der Waals surface area (Å²) in [7, 11) is 0. The van der Waals surface area contributed by atoms with E-state index in [0.29, 0.717) is 28.1 Å². The maximum atomic E-state index is 12.2. The van der Waals surface area contributed by atoms with Gasteiger partial charge in [-0.3, -0.25) is 4.79 Å². The summed E-state index contributed by atoms with van der Waals surface area (Å²) in [4.78, 5) is 19.3. The van der Waals surface area contributed by atoms with E-state index in [0.717, 1.165) is 49.3 Å². The Bertz CT molecular complexity index is 917. The lowest BCUT2D eigenvalue weighted by Crippen LogP contribution is -2.39. The van der Waals surface area contributed by atoms with Crippen molar-refractivity contribution in [2.45, 2.75) is 30.2 Å². The minimum absolute atomic E-state index is 0.0485. The molecule has 7 heteroatoms. The number of hydrogen-bond acceptors (Lipinski definition) is 5. The number of benzene rings is 1. The normalized spacial score (nSPS) is 15.2. The van der Waals surface area contributed by atoms with Crippen LogP contribution in [0.15, 0.2) is 35.4 Å². The fourth-order valence-electron chi connectivity index (χ4n) is 3.82. The Morgan fingerprint density at radius 2 is 2.07 bits per heavy atom. The second kappa shape index (κ2) is 8.42. The predicted octanol–water partition coefficient (Wildman–Crippen LogP) is 3.76. The van der Waals surface area contributed by atoms with Gasteiger partial charge in [0.15, 0.2) is 0 Å². The monoisotopic (exact) mass is 412 g/mol. The van der Waals surface area contributed by atoms with Gasteiger partial charge in [0.05, 0.1) is 22.7 Å². The third kappa shape index (κ3) is 4.11. The van der Waals surface area contributed by atoms with Crippen molar-refractivity contribution in [3.8, 4) is 6.07 Å². The van der Waals surface area contributed by atoms with E-state index in [4.69, 9.17) is 16.6 Å². The molecule has 1 N–H and O–H groups in total. The Morgan fingerprint density at radius 1 is 1.32 bits per heavy atom. The lowest BCUT2D eigenvalue weighted by molar-refractivity contribution is -0.118. The van der Waals surface area contributed by atoms with Crippen LogP contribution in [0.1, 0.15) is 35.6 Å². The molecule has 1 aromatic heterocycles. The number of aromatic nitrogens is 1. The van der Waals surface area contributed by atoms with Crippen molar-refractivity contribution in [2.24, 2.45) is 0 Å². The molecule has 2 aromatic rings. The number of fused-ring (bicyclic) bond motifs is 2. The van der Waals surface area contributed by atoms with Crippen molar-refractivity contribution in [1.82, 2.24) is 10.3 Å². The average molecular weight is 413 g/mol. The van der Waals surface area contributed by atoms with Crippen molar-refractivity contribution in [3.63, 3.8) is 0 Å². The van der Waals surface area contributed by atoms with Crippen molar-refractivity contribution < 1.29 is 4.79 Å². The molecule has 0 spiro atoms. The molecule has 1 saturated heterocycles. The number of pyridine rings is 1. The maximum Gasteiger partial charge on any atom is 0.230 e. The number of hydrogen-bond donors (Lipinski definition) is 1. The van der Waals surface area contributed by atoms with Crippen molar-refractivity contribution in [1.29, 1.82) is 5.26 Å². The molecule has 0 radical (unpaired) electrons. The number of anilines is 1. The number of thioether (sulfide) groups is 1. The molecule has 0 saturated carbocycles. The molecule has 0 atom stereocenters. The molecule has 3 aliphatic heterocycles. The number of nitrogens with one attached hydrogen (secondary N) is 1. The SMILES string of the molecule is N#Cc1cc2c(nc1SCC(=O)NCCc1ccc(Cl)cc1)C1CCN2CC1. The molecule has 0 aliphatic carbocycles. The fourth-order valence-corrected chi connectivity index (χ4v) is 4.74. The molecule has 28 heavy (non-hydrogen) atoms. The van der Waals surface area contributed by atoms with Crippen molar-refractivity contribution in [3.05, 3.63) is 52.2 Å². The summed E-state index contributed by atoms with van der Waals surface area (Å²) >= 11 is 7.23. The van der Waals surface area contributed by atoms with Gasteiger partial charge in [-0.25, -0.2) is 4.98 Å². The van der Waals surface area contributed by atoms with Crippen LogP contribution in [-0.4, -0.2) is 36.3 Å². The Morgan fingerprint density at radius 3 is 2.79 bits per heavy atom. The largest absolute Gasteiger partial charge is 0.370 e. The smallest absolute Gasteiger partial charge is 0.230 e. The lowest BCUT2D eigenvalue weighted by Gasteiger charge is -2.41. The van der Waals surface area contributed by atoms with Crippen molar-refractivity contribution >= 4 is 35.0 Å². The highest BCUT2D eigenvalue weighted by Gasteiger charge is 2.33. The Hall–Kier alpha value is -2.23. The third-order valence-corrected chi connectivity index (χ3v) is 6.57. The minimum atomic E-state index is -0.0485. The highest BCUT2D eigenvalue weighted by atomic mass is 35.5. The van der Waals surface area contributed by atoms with E-state index in [2.05, 4.69) is 16.3 Å². The number of rotatable bonds is 6. The number of halogens is 1. The second-order valence-electron chi connectivity index (χ2n) is 7.13. The topological polar surface area (TPSA) is 69.0 Å². The zero-order valence-electron chi connectivity index (χ0n) is 15.4. The molecule has 3 aliphatic rings. The zero-order valence-corrected chi connectivity index (χ0v) is 17.0. The summed E-state index contributed by atoms with van der Waals surface area (Å²) < 4.78 is 0. The number of amides is 1. The standard InChI is InChI=1S/C21H21ClN4OS/c22-17-3-1-14(2-4-17)5-8-24-19(27)13-28-21-16(12-23)11-18-20(25-21)15-6-9-26(18)10-7-15/h1-4,11,15H,5-10,13H2,(H,24,27). The van der Waals surface area contributed by atoms with E-state index < -0.39 is 0 Å². The predicted molar refractivity (Wildman–Crippen MR) is 112 cm³/mol. The number of carbonyl (C=O) groups excluding carboxylic acids is 1. The van der Waals surface area contributed by atoms with Crippen LogP contribution in [0.25, 0.3) is 0 Å². The van der Waals surface area contributed by atoms with E-state index in [1.165, 1.54) is 11.8 Å². The van der Waals surface area contributed by atoms with Gasteiger partial charge in [0.25, 0.3) is 0 Å². The second-order valence-corrected chi connectivity index (χ2v) is 8.53. The summed E-state index contributed by atoms with van der Waals surface area (Å²) in [5.74, 6) is 0.697. The first-order valence-corrected chi connectivity index (χ1v) is 10.8. The summed E-state index contributed by atoms with van der Waals surface area (Å²) in [6.45, 7) is 2.67. The van der Waals surface area contributed by atoms with Gasteiger partial charge in [-0.15, -0.1) is 0 Å². The highest BCUT2D eigenvalue weighted by Crippen LogP contribution is 2.42. The van der Waals surface area contributed by atoms with Gasteiger partial charge in [0.2, 0.25) is 5.91 Å². The van der Waals surface area contributed by atoms with Crippen LogP contribution in [0.2, 0.25) is 5.02 Å². The van der Waals surface area contributed by atoms with Gasteiger partial charge < -0.3 is 10.2 Å². The molecule has 5 nitrogen and oxygen atoms in total. The van der Waals surface area contributed by atoms with Gasteiger partial charge in [-0.1, -0.05) is 35.5 Å². The molecule has 1 aromatic carbocycles. The van der Waals surface area contributed by atoms with Gasteiger partial charge >= 0.3 is 0 Å².